The molecule has 1 aromatic rings. The fourth-order valence-corrected chi connectivity index (χ4v) is 3.21. The number of hydrogen-bond acceptors (Lipinski definition) is 2. The Labute approximate surface area is 123 Å². The van der Waals surface area contributed by atoms with E-state index < -0.39 is 0 Å². The van der Waals surface area contributed by atoms with Gasteiger partial charge in [0.15, 0.2) is 5.78 Å². The zero-order valence-electron chi connectivity index (χ0n) is 11.0. The Morgan fingerprint density at radius 1 is 1.22 bits per heavy atom. The monoisotopic (exact) mass is 357 g/mol. The van der Waals surface area contributed by atoms with Gasteiger partial charge >= 0.3 is 0 Å². The topological polar surface area (TPSA) is 20.3 Å². The molecule has 0 saturated carbocycles. The van der Waals surface area contributed by atoms with Gasteiger partial charge in [-0.05, 0) is 53.0 Å². The molecule has 18 heavy (non-hydrogen) atoms. The van der Waals surface area contributed by atoms with Gasteiger partial charge < -0.3 is 0 Å². The molecule has 1 aliphatic heterocycles. The van der Waals surface area contributed by atoms with Gasteiger partial charge in [0.2, 0.25) is 0 Å². The number of nitrogens with zero attached hydrogens (tertiary/aromatic N) is 1. The molecule has 0 bridgehead atoms. The number of carbonyl (C=O) groups excluding carboxylic acids is 1. The third-order valence-corrected chi connectivity index (χ3v) is 4.20. The van der Waals surface area contributed by atoms with E-state index in [1.54, 1.807) is 0 Å². The van der Waals surface area contributed by atoms with E-state index >= 15 is 0 Å². The number of Topliss-reactive ketones (excluding diaryl/α,β-unsaturated/α-hetero) is 1. The van der Waals surface area contributed by atoms with Crippen LogP contribution in [0.2, 0.25) is 0 Å². The third kappa shape index (κ3) is 3.79. The van der Waals surface area contributed by atoms with Crippen LogP contribution in [0.1, 0.15) is 30.6 Å². The molecule has 0 spiro atoms. The first-order valence-corrected chi connectivity index (χ1v) is 7.63. The maximum Gasteiger partial charge on any atom is 0.176 e. The lowest BCUT2D eigenvalue weighted by atomic mass is 9.91. The lowest BCUT2D eigenvalue weighted by molar-refractivity contribution is 0.0849. The van der Waals surface area contributed by atoms with Crippen molar-refractivity contribution in [2.45, 2.75) is 20.3 Å². The first kappa shape index (κ1) is 14.0. The Kier molecular flexibility index (Phi) is 4.78. The minimum absolute atomic E-state index is 0.243. The van der Waals surface area contributed by atoms with Crippen molar-refractivity contribution in [2.75, 3.05) is 19.6 Å². The molecule has 2 unspecified atom stereocenters. The van der Waals surface area contributed by atoms with Crippen LogP contribution in [0.15, 0.2) is 24.3 Å². The molecule has 98 valence electrons. The van der Waals surface area contributed by atoms with Gasteiger partial charge in [0, 0.05) is 22.2 Å². The van der Waals surface area contributed by atoms with Crippen LogP contribution in [0.5, 0.6) is 0 Å². The largest absolute Gasteiger partial charge is 0.295 e. The van der Waals surface area contributed by atoms with Crippen LogP contribution in [0, 0.1) is 15.4 Å². The summed E-state index contributed by atoms with van der Waals surface area (Å²) in [4.78, 5) is 14.5. The summed E-state index contributed by atoms with van der Waals surface area (Å²) >= 11 is 2.26. The van der Waals surface area contributed by atoms with Gasteiger partial charge in [-0.1, -0.05) is 26.0 Å². The van der Waals surface area contributed by atoms with Crippen molar-refractivity contribution in [1.29, 1.82) is 0 Å². The van der Waals surface area contributed by atoms with Gasteiger partial charge in [-0.2, -0.15) is 0 Å². The van der Waals surface area contributed by atoms with Gasteiger partial charge in [0.1, 0.15) is 0 Å². The Bertz CT molecular complexity index is 405. The van der Waals surface area contributed by atoms with Gasteiger partial charge in [-0.15, -0.1) is 0 Å². The minimum atomic E-state index is 0.243. The lowest BCUT2D eigenvalue weighted by Gasteiger charge is -2.34. The van der Waals surface area contributed by atoms with E-state index in [1.165, 1.54) is 9.99 Å². The van der Waals surface area contributed by atoms with Crippen molar-refractivity contribution in [2.24, 2.45) is 11.8 Å². The van der Waals surface area contributed by atoms with Crippen LogP contribution in [-0.4, -0.2) is 30.3 Å². The molecule has 2 atom stereocenters. The number of likely N-dealkylation sites (tertiary alicyclic amines) is 1. The molecule has 0 amide bonds. The number of halogens is 1. The van der Waals surface area contributed by atoms with Crippen LogP contribution >= 0.6 is 22.6 Å². The van der Waals surface area contributed by atoms with Crippen LogP contribution in [0.3, 0.4) is 0 Å². The van der Waals surface area contributed by atoms with Crippen molar-refractivity contribution in [1.82, 2.24) is 4.90 Å². The third-order valence-electron chi connectivity index (χ3n) is 3.48. The van der Waals surface area contributed by atoms with E-state index in [4.69, 9.17) is 0 Å². The molecule has 0 aliphatic carbocycles. The maximum atomic E-state index is 12.2. The highest BCUT2D eigenvalue weighted by molar-refractivity contribution is 14.1. The molecule has 0 N–H and O–H groups in total. The summed E-state index contributed by atoms with van der Waals surface area (Å²) in [7, 11) is 0. The SMILES string of the molecule is CC1CC(C)CN(CC(=O)c2ccc(I)cc2)C1. The van der Waals surface area contributed by atoms with Crippen LogP contribution in [0.25, 0.3) is 0 Å². The van der Waals surface area contributed by atoms with Crippen LogP contribution in [-0.2, 0) is 0 Å². The Balaban J connectivity index is 1.96. The molecule has 1 aromatic carbocycles. The number of carbonyl (C=O) groups is 1. The Hall–Kier alpha value is -0.420. The number of rotatable bonds is 3. The summed E-state index contributed by atoms with van der Waals surface area (Å²) in [6.45, 7) is 7.23. The van der Waals surface area contributed by atoms with Crippen LogP contribution in [0.4, 0.5) is 0 Å². The van der Waals surface area contributed by atoms with Crippen molar-refractivity contribution in [3.05, 3.63) is 33.4 Å². The Morgan fingerprint density at radius 2 is 1.78 bits per heavy atom. The maximum absolute atomic E-state index is 12.2. The summed E-state index contributed by atoms with van der Waals surface area (Å²) in [5.41, 5.74) is 0.835. The Morgan fingerprint density at radius 3 is 2.33 bits per heavy atom. The molecule has 0 aromatic heterocycles. The molecular weight excluding hydrogens is 337 g/mol. The van der Waals surface area contributed by atoms with Crippen molar-refractivity contribution in [3.8, 4) is 0 Å². The zero-order chi connectivity index (χ0) is 13.1. The number of piperidine rings is 1. The normalized spacial score (nSPS) is 25.1. The highest BCUT2D eigenvalue weighted by Crippen LogP contribution is 2.21. The van der Waals surface area contributed by atoms with E-state index in [1.807, 2.05) is 24.3 Å². The fraction of sp³-hybridized carbons (Fsp3) is 0.533. The molecule has 1 saturated heterocycles. The van der Waals surface area contributed by atoms with Gasteiger partial charge in [-0.3, -0.25) is 9.69 Å². The smallest absolute Gasteiger partial charge is 0.176 e. The molecule has 2 rings (SSSR count). The average Bonchev–Trinajstić information content (AvgIpc) is 2.28. The summed E-state index contributed by atoms with van der Waals surface area (Å²) in [5.74, 6) is 1.66. The highest BCUT2D eigenvalue weighted by atomic mass is 127. The number of benzene rings is 1. The summed E-state index contributed by atoms with van der Waals surface area (Å²) < 4.78 is 1.17. The standard InChI is InChI=1S/C15H20INO/c1-11-7-12(2)9-17(8-11)10-15(18)13-3-5-14(16)6-4-13/h3-6,11-12H,7-10H2,1-2H3. The second-order valence-corrected chi connectivity index (χ2v) is 6.82. The van der Waals surface area contributed by atoms with Crippen molar-refractivity contribution in [3.63, 3.8) is 0 Å². The predicted octanol–water partition coefficient (Wildman–Crippen LogP) is 3.45. The molecule has 1 heterocycles. The average molecular weight is 357 g/mol. The van der Waals surface area contributed by atoms with Crippen LogP contribution < -0.4 is 0 Å². The molecule has 1 aliphatic rings. The van der Waals surface area contributed by atoms with E-state index in [9.17, 15) is 4.79 Å². The first-order valence-electron chi connectivity index (χ1n) is 6.55. The van der Waals surface area contributed by atoms with Gasteiger partial charge in [-0.25, -0.2) is 0 Å². The zero-order valence-corrected chi connectivity index (χ0v) is 13.2. The van der Waals surface area contributed by atoms with E-state index in [-0.39, 0.29) is 5.78 Å². The molecule has 2 nitrogen and oxygen atoms in total. The second-order valence-electron chi connectivity index (χ2n) is 5.57. The fourth-order valence-electron chi connectivity index (χ4n) is 2.85. The van der Waals surface area contributed by atoms with Gasteiger partial charge in [0.25, 0.3) is 0 Å². The predicted molar refractivity (Wildman–Crippen MR) is 82.9 cm³/mol. The van der Waals surface area contributed by atoms with E-state index in [0.29, 0.717) is 18.4 Å². The molecule has 1 fully saturated rings. The van der Waals surface area contributed by atoms with Crippen molar-refractivity contribution >= 4 is 28.4 Å². The number of ketones is 1. The van der Waals surface area contributed by atoms with E-state index in [2.05, 4.69) is 41.3 Å². The minimum Gasteiger partial charge on any atom is -0.295 e. The first-order chi connectivity index (χ1) is 8.54. The van der Waals surface area contributed by atoms with Gasteiger partial charge in [0.05, 0.1) is 6.54 Å². The highest BCUT2D eigenvalue weighted by Gasteiger charge is 2.23. The quantitative estimate of drug-likeness (QED) is 0.610. The lowest BCUT2D eigenvalue weighted by Crippen LogP contribution is -2.41. The molecule has 0 radical (unpaired) electrons. The summed E-state index contributed by atoms with van der Waals surface area (Å²) in [6.07, 6.45) is 1.29. The van der Waals surface area contributed by atoms with E-state index in [0.717, 1.165) is 18.7 Å². The summed E-state index contributed by atoms with van der Waals surface area (Å²) in [5, 5.41) is 0. The number of hydrogen-bond donors (Lipinski definition) is 0. The van der Waals surface area contributed by atoms with Crippen molar-refractivity contribution < 1.29 is 4.79 Å². The summed E-state index contributed by atoms with van der Waals surface area (Å²) in [6, 6.07) is 7.85. The molecular formula is C15H20INO. The molecule has 3 heteroatoms. The second kappa shape index (κ2) is 6.15.